The van der Waals surface area contributed by atoms with Crippen LogP contribution in [0.3, 0.4) is 0 Å². The molecule has 0 saturated carbocycles. The highest BCUT2D eigenvalue weighted by molar-refractivity contribution is 5.81. The van der Waals surface area contributed by atoms with Crippen molar-refractivity contribution in [2.24, 2.45) is 0 Å². The van der Waals surface area contributed by atoms with Crippen LogP contribution in [0.15, 0.2) is 24.8 Å². The molecule has 0 radical (unpaired) electrons. The van der Waals surface area contributed by atoms with Crippen LogP contribution in [0, 0.1) is 31.6 Å². The van der Waals surface area contributed by atoms with Crippen LogP contribution in [0.4, 0.5) is 11.4 Å². The van der Waals surface area contributed by atoms with E-state index in [1.165, 1.54) is 0 Å². The summed E-state index contributed by atoms with van der Waals surface area (Å²) in [6, 6.07) is 4.69. The standard InChI is InChI=1S/C9H5N3O4/c1-6(5-10)8-3-2-7(11(13)14)4-9(8)12(15)16/h2-4H,1H2. The highest BCUT2D eigenvalue weighted by atomic mass is 16.6. The van der Waals surface area contributed by atoms with Crippen LogP contribution in [-0.4, -0.2) is 9.85 Å². The summed E-state index contributed by atoms with van der Waals surface area (Å²) in [5, 5.41) is 29.6. The van der Waals surface area contributed by atoms with E-state index in [2.05, 4.69) is 6.58 Å². The Labute approximate surface area is 89.5 Å². The quantitative estimate of drug-likeness (QED) is 0.438. The molecule has 1 rings (SSSR count). The van der Waals surface area contributed by atoms with Crippen molar-refractivity contribution in [2.45, 2.75) is 0 Å². The number of nitro groups is 2. The zero-order valence-electron chi connectivity index (χ0n) is 7.91. The lowest BCUT2D eigenvalue weighted by molar-refractivity contribution is -0.394. The Kier molecular flexibility index (Phi) is 2.96. The first-order valence-corrected chi connectivity index (χ1v) is 3.99. The topological polar surface area (TPSA) is 110 Å². The molecule has 1 aromatic carbocycles. The number of allylic oxidation sites excluding steroid dienone is 1. The van der Waals surface area contributed by atoms with Crippen LogP contribution in [0.1, 0.15) is 5.56 Å². The Bertz CT molecular complexity index is 530. The average molecular weight is 219 g/mol. The minimum Gasteiger partial charge on any atom is -0.258 e. The fourth-order valence-corrected chi connectivity index (χ4v) is 1.10. The molecule has 80 valence electrons. The first-order chi connectivity index (χ1) is 7.47. The molecule has 0 amide bonds. The van der Waals surface area contributed by atoms with E-state index in [1.54, 1.807) is 6.07 Å². The summed E-state index contributed by atoms with van der Waals surface area (Å²) >= 11 is 0. The van der Waals surface area contributed by atoms with Crippen molar-refractivity contribution in [1.82, 2.24) is 0 Å². The minimum atomic E-state index is -0.787. The van der Waals surface area contributed by atoms with E-state index in [4.69, 9.17) is 5.26 Å². The van der Waals surface area contributed by atoms with Crippen molar-refractivity contribution < 1.29 is 9.85 Å². The first-order valence-electron chi connectivity index (χ1n) is 3.99. The highest BCUT2D eigenvalue weighted by Crippen LogP contribution is 2.28. The van der Waals surface area contributed by atoms with E-state index in [0.717, 1.165) is 18.2 Å². The third kappa shape index (κ3) is 2.01. The average Bonchev–Trinajstić information content (AvgIpc) is 2.26. The number of hydrogen-bond donors (Lipinski definition) is 0. The van der Waals surface area contributed by atoms with E-state index in [9.17, 15) is 20.2 Å². The Morgan fingerprint density at radius 2 is 1.94 bits per heavy atom. The molecule has 0 N–H and O–H groups in total. The van der Waals surface area contributed by atoms with Gasteiger partial charge in [-0.1, -0.05) is 6.58 Å². The Balaban J connectivity index is 3.43. The van der Waals surface area contributed by atoms with E-state index in [-0.39, 0.29) is 11.1 Å². The molecule has 0 saturated heterocycles. The first kappa shape index (κ1) is 11.3. The number of rotatable bonds is 3. The van der Waals surface area contributed by atoms with Gasteiger partial charge >= 0.3 is 0 Å². The Morgan fingerprint density at radius 3 is 2.38 bits per heavy atom. The van der Waals surface area contributed by atoms with Crippen LogP contribution in [0.25, 0.3) is 5.57 Å². The second kappa shape index (κ2) is 4.18. The van der Waals surface area contributed by atoms with Gasteiger partial charge in [-0.25, -0.2) is 0 Å². The molecule has 1 aromatic rings. The number of hydrogen-bond acceptors (Lipinski definition) is 5. The summed E-state index contributed by atoms with van der Waals surface area (Å²) in [5.41, 5.74) is -1.03. The van der Waals surface area contributed by atoms with Gasteiger partial charge in [0.2, 0.25) is 0 Å². The fourth-order valence-electron chi connectivity index (χ4n) is 1.10. The third-order valence-electron chi connectivity index (χ3n) is 1.85. The largest absolute Gasteiger partial charge is 0.284 e. The van der Waals surface area contributed by atoms with E-state index >= 15 is 0 Å². The predicted molar refractivity (Wildman–Crippen MR) is 54.4 cm³/mol. The van der Waals surface area contributed by atoms with Crippen LogP contribution >= 0.6 is 0 Å². The Hall–Kier alpha value is -2.75. The van der Waals surface area contributed by atoms with Gasteiger partial charge in [0.25, 0.3) is 11.4 Å². The maximum absolute atomic E-state index is 10.6. The minimum absolute atomic E-state index is 0.0156. The molecular formula is C9H5N3O4. The number of nitro benzene ring substituents is 2. The summed E-state index contributed by atoms with van der Waals surface area (Å²) in [4.78, 5) is 19.5. The van der Waals surface area contributed by atoms with Crippen molar-refractivity contribution in [3.05, 3.63) is 50.6 Å². The zero-order valence-corrected chi connectivity index (χ0v) is 7.91. The molecule has 0 aliphatic rings. The number of non-ortho nitro benzene ring substituents is 1. The molecule has 0 bridgehead atoms. The number of nitriles is 1. The van der Waals surface area contributed by atoms with E-state index in [1.807, 2.05) is 0 Å². The van der Waals surface area contributed by atoms with Gasteiger partial charge in [-0.15, -0.1) is 0 Å². The van der Waals surface area contributed by atoms with Gasteiger partial charge in [0, 0.05) is 6.07 Å². The molecule has 7 heteroatoms. The summed E-state index contributed by atoms with van der Waals surface area (Å²) in [6.45, 7) is 3.33. The van der Waals surface area contributed by atoms with Crippen molar-refractivity contribution in [3.8, 4) is 6.07 Å². The second-order valence-electron chi connectivity index (χ2n) is 2.81. The van der Waals surface area contributed by atoms with E-state index < -0.39 is 21.2 Å². The van der Waals surface area contributed by atoms with Crippen LogP contribution in [0.5, 0.6) is 0 Å². The summed E-state index contributed by atoms with van der Waals surface area (Å²) < 4.78 is 0. The fraction of sp³-hybridized carbons (Fsp3) is 0. The molecular weight excluding hydrogens is 214 g/mol. The molecule has 0 heterocycles. The lowest BCUT2D eigenvalue weighted by atomic mass is 10.1. The maximum Gasteiger partial charge on any atom is 0.284 e. The molecule has 0 aromatic heterocycles. The van der Waals surface area contributed by atoms with Crippen molar-refractivity contribution in [2.75, 3.05) is 0 Å². The number of nitrogens with zero attached hydrogens (tertiary/aromatic N) is 3. The van der Waals surface area contributed by atoms with Gasteiger partial charge in [-0.2, -0.15) is 5.26 Å². The van der Waals surface area contributed by atoms with E-state index in [0.29, 0.717) is 0 Å². The van der Waals surface area contributed by atoms with Crippen LogP contribution in [-0.2, 0) is 0 Å². The van der Waals surface area contributed by atoms with Gasteiger partial charge < -0.3 is 0 Å². The molecule has 7 nitrogen and oxygen atoms in total. The lowest BCUT2D eigenvalue weighted by Gasteiger charge is -1.99. The molecule has 16 heavy (non-hydrogen) atoms. The van der Waals surface area contributed by atoms with Crippen molar-refractivity contribution in [1.29, 1.82) is 5.26 Å². The summed E-state index contributed by atoms with van der Waals surface area (Å²) in [7, 11) is 0. The smallest absolute Gasteiger partial charge is 0.258 e. The third-order valence-corrected chi connectivity index (χ3v) is 1.85. The Morgan fingerprint density at radius 1 is 1.31 bits per heavy atom. The van der Waals surface area contributed by atoms with Gasteiger partial charge in [0.05, 0.1) is 33.1 Å². The highest BCUT2D eigenvalue weighted by Gasteiger charge is 2.20. The molecule has 0 unspecified atom stereocenters. The SMILES string of the molecule is C=C(C#N)c1ccc([N+](=O)[O-])cc1[N+](=O)[O-]. The number of benzene rings is 1. The second-order valence-corrected chi connectivity index (χ2v) is 2.81. The predicted octanol–water partition coefficient (Wildman–Crippen LogP) is 2.04. The van der Waals surface area contributed by atoms with Gasteiger partial charge in [0.15, 0.2) is 0 Å². The normalized spacial score (nSPS) is 9.19. The molecule has 0 fully saturated rings. The molecule has 0 spiro atoms. The van der Waals surface area contributed by atoms with Crippen molar-refractivity contribution in [3.63, 3.8) is 0 Å². The monoisotopic (exact) mass is 219 g/mol. The van der Waals surface area contributed by atoms with Crippen molar-refractivity contribution >= 4 is 16.9 Å². The van der Waals surface area contributed by atoms with Gasteiger partial charge in [0.1, 0.15) is 0 Å². The summed E-state index contributed by atoms with van der Waals surface area (Å²) in [6.07, 6.45) is 0. The zero-order chi connectivity index (χ0) is 12.3. The maximum atomic E-state index is 10.6. The van der Waals surface area contributed by atoms with Crippen LogP contribution in [0.2, 0.25) is 0 Å². The summed E-state index contributed by atoms with van der Waals surface area (Å²) in [5.74, 6) is 0. The van der Waals surface area contributed by atoms with Gasteiger partial charge in [-0.3, -0.25) is 20.2 Å². The lowest BCUT2D eigenvalue weighted by Crippen LogP contribution is -1.96. The van der Waals surface area contributed by atoms with Gasteiger partial charge in [-0.05, 0) is 6.07 Å². The molecule has 0 aliphatic heterocycles. The molecule has 0 atom stereocenters. The molecule has 0 aliphatic carbocycles. The van der Waals surface area contributed by atoms with Crippen LogP contribution < -0.4 is 0 Å².